The minimum atomic E-state index is -1.13. The van der Waals surface area contributed by atoms with Crippen molar-refractivity contribution in [2.45, 2.75) is 11.8 Å². The number of aliphatic carboxylic acids is 1. The van der Waals surface area contributed by atoms with Crippen molar-refractivity contribution in [3.05, 3.63) is 12.0 Å². The van der Waals surface area contributed by atoms with E-state index in [1.54, 1.807) is 0 Å². The summed E-state index contributed by atoms with van der Waals surface area (Å²) in [7, 11) is 0. The molecule has 2 heterocycles. The lowest BCUT2D eigenvalue weighted by molar-refractivity contribution is -0.146. The number of hydrogen-bond acceptors (Lipinski definition) is 4. The summed E-state index contributed by atoms with van der Waals surface area (Å²) in [5.41, 5.74) is -0.0741. The molecule has 2 rings (SSSR count). The van der Waals surface area contributed by atoms with Crippen LogP contribution < -0.4 is 0 Å². The fourth-order valence-electron chi connectivity index (χ4n) is 1.10. The van der Waals surface area contributed by atoms with Gasteiger partial charge < -0.3 is 9.29 Å². The molecule has 2 aliphatic heterocycles. The zero-order chi connectivity index (χ0) is 8.72. The molecular formula is C6H5NO4S. The van der Waals surface area contributed by atoms with Gasteiger partial charge in [0.25, 0.3) is 0 Å². The highest BCUT2D eigenvalue weighted by Gasteiger charge is 2.44. The van der Waals surface area contributed by atoms with Gasteiger partial charge in [-0.3, -0.25) is 9.69 Å². The molecule has 0 radical (unpaired) electrons. The van der Waals surface area contributed by atoms with Crippen LogP contribution in [0.15, 0.2) is 12.0 Å². The number of carboxylic acids is 1. The van der Waals surface area contributed by atoms with E-state index in [2.05, 4.69) is 0 Å². The molecule has 5 nitrogen and oxygen atoms in total. The van der Waals surface area contributed by atoms with Crippen LogP contribution in [0.2, 0.25) is 0 Å². The molecule has 12 heavy (non-hydrogen) atoms. The highest BCUT2D eigenvalue weighted by Crippen LogP contribution is 2.37. The third-order valence-corrected chi connectivity index (χ3v) is 2.52. The highest BCUT2D eigenvalue weighted by atomic mass is 32.2. The van der Waals surface area contributed by atoms with Crippen molar-refractivity contribution < 1.29 is 18.9 Å². The van der Waals surface area contributed by atoms with Gasteiger partial charge in [-0.05, 0) is 0 Å². The van der Waals surface area contributed by atoms with Crippen LogP contribution in [0.1, 0.15) is 6.42 Å². The lowest BCUT2D eigenvalue weighted by atomic mass is 10.2. The molecule has 6 heteroatoms. The van der Waals surface area contributed by atoms with Gasteiger partial charge in [0.1, 0.15) is 11.6 Å². The largest absolute Gasteiger partial charge is 0.476 e. The Hall–Kier alpha value is -1.17. The molecule has 0 aromatic heterocycles. The van der Waals surface area contributed by atoms with Gasteiger partial charge in [-0.25, -0.2) is 4.79 Å². The number of amides is 1. The van der Waals surface area contributed by atoms with Crippen LogP contribution in [-0.2, 0) is 13.8 Å². The van der Waals surface area contributed by atoms with Gasteiger partial charge in [-0.15, -0.1) is 0 Å². The zero-order valence-electron chi connectivity index (χ0n) is 5.89. The molecule has 0 spiro atoms. The van der Waals surface area contributed by atoms with Crippen molar-refractivity contribution in [3.63, 3.8) is 0 Å². The molecule has 64 valence electrons. The minimum Gasteiger partial charge on any atom is -0.476 e. The Balaban J connectivity index is 2.26. The molecule has 2 aliphatic rings. The van der Waals surface area contributed by atoms with Crippen molar-refractivity contribution in [2.24, 2.45) is 0 Å². The quantitative estimate of drug-likeness (QED) is 0.467. The Labute approximate surface area is 72.2 Å². The summed E-state index contributed by atoms with van der Waals surface area (Å²) in [6, 6.07) is 0. The van der Waals surface area contributed by atoms with Gasteiger partial charge in [-0.2, -0.15) is 0 Å². The first kappa shape index (κ1) is 7.48. The van der Waals surface area contributed by atoms with Crippen LogP contribution in [0.25, 0.3) is 0 Å². The summed E-state index contributed by atoms with van der Waals surface area (Å²) in [5, 5.41) is 8.48. The van der Waals surface area contributed by atoms with E-state index in [0.29, 0.717) is 6.42 Å². The number of hydrogen-bond donors (Lipinski definition) is 1. The van der Waals surface area contributed by atoms with Gasteiger partial charge in [0.05, 0.1) is 18.5 Å². The minimum absolute atomic E-state index is 0.0741. The van der Waals surface area contributed by atoms with Crippen molar-refractivity contribution in [1.82, 2.24) is 4.90 Å². The van der Waals surface area contributed by atoms with E-state index in [-0.39, 0.29) is 17.0 Å². The first-order valence-electron chi connectivity index (χ1n) is 3.28. The van der Waals surface area contributed by atoms with E-state index >= 15 is 0 Å². The average molecular weight is 187 g/mol. The number of carbonyl (C=O) groups is 2. The molecule has 0 aromatic carbocycles. The fourth-order valence-corrected chi connectivity index (χ4v) is 1.90. The molecular weight excluding hydrogens is 182 g/mol. The summed E-state index contributed by atoms with van der Waals surface area (Å²) >= 11 is 1.10. The van der Waals surface area contributed by atoms with Crippen molar-refractivity contribution in [2.75, 3.05) is 0 Å². The van der Waals surface area contributed by atoms with Crippen LogP contribution in [0.3, 0.4) is 0 Å². The Morgan fingerprint density at radius 2 is 2.58 bits per heavy atom. The van der Waals surface area contributed by atoms with E-state index in [0.717, 1.165) is 18.3 Å². The van der Waals surface area contributed by atoms with Crippen molar-refractivity contribution in [3.8, 4) is 0 Å². The second-order valence-electron chi connectivity index (χ2n) is 2.42. The second-order valence-corrected chi connectivity index (χ2v) is 3.35. The first-order valence-corrected chi connectivity index (χ1v) is 4.08. The first-order chi connectivity index (χ1) is 5.70. The van der Waals surface area contributed by atoms with E-state index in [1.807, 2.05) is 0 Å². The molecule has 0 saturated carbocycles. The summed E-state index contributed by atoms with van der Waals surface area (Å²) < 4.78 is 4.81. The van der Waals surface area contributed by atoms with Crippen LogP contribution in [0.5, 0.6) is 0 Å². The lowest BCUT2D eigenvalue weighted by Crippen LogP contribution is -2.52. The molecule has 0 aliphatic carbocycles. The monoisotopic (exact) mass is 187 g/mol. The van der Waals surface area contributed by atoms with Crippen LogP contribution >= 0.6 is 12.0 Å². The number of carboxylic acid groups (broad SMARTS) is 1. The Morgan fingerprint density at radius 1 is 1.83 bits per heavy atom. The Kier molecular flexibility index (Phi) is 1.50. The van der Waals surface area contributed by atoms with Gasteiger partial charge in [0.15, 0.2) is 5.70 Å². The average Bonchev–Trinajstić information content (AvgIpc) is 2.01. The Morgan fingerprint density at radius 3 is 3.08 bits per heavy atom. The lowest BCUT2D eigenvalue weighted by Gasteiger charge is -2.40. The number of fused-ring (bicyclic) bond motifs is 1. The maximum atomic E-state index is 10.9. The number of nitrogens with zero attached hydrogens (tertiary/aromatic N) is 1. The van der Waals surface area contributed by atoms with Crippen LogP contribution in [0.4, 0.5) is 0 Å². The molecule has 0 aromatic rings. The van der Waals surface area contributed by atoms with E-state index in [4.69, 9.17) is 9.29 Å². The predicted octanol–water partition coefficient (Wildman–Crippen LogP) is 0.149. The van der Waals surface area contributed by atoms with E-state index in [1.165, 1.54) is 4.90 Å². The molecule has 1 N–H and O–H groups in total. The number of rotatable bonds is 1. The highest BCUT2D eigenvalue weighted by molar-refractivity contribution is 7.95. The SMILES string of the molecule is O=C(O)C1=COS[C@@H]2CC(=O)N12. The number of carbonyl (C=O) groups excluding carboxylic acids is 1. The van der Waals surface area contributed by atoms with E-state index < -0.39 is 5.97 Å². The standard InChI is InChI=1S/C6H5NO4S/c8-4-1-5-7(4)3(6(9)10)2-11-12-5/h2,5H,1H2,(H,9,10)/t5-/m1/s1. The fraction of sp³-hybridized carbons (Fsp3) is 0.333. The molecule has 1 amide bonds. The van der Waals surface area contributed by atoms with Gasteiger partial charge in [-0.1, -0.05) is 0 Å². The molecule has 1 fully saturated rings. The van der Waals surface area contributed by atoms with Gasteiger partial charge >= 0.3 is 5.97 Å². The smallest absolute Gasteiger partial charge is 0.355 e. The molecule has 1 saturated heterocycles. The predicted molar refractivity (Wildman–Crippen MR) is 39.6 cm³/mol. The molecule has 0 bridgehead atoms. The van der Waals surface area contributed by atoms with Crippen molar-refractivity contribution >= 4 is 23.9 Å². The Bertz CT molecular complexity index is 287. The topological polar surface area (TPSA) is 66.8 Å². The summed E-state index contributed by atoms with van der Waals surface area (Å²) in [5.74, 6) is -1.29. The van der Waals surface area contributed by atoms with Crippen molar-refractivity contribution in [1.29, 1.82) is 0 Å². The summed E-state index contributed by atoms with van der Waals surface area (Å²) in [6.45, 7) is 0. The maximum absolute atomic E-state index is 10.9. The van der Waals surface area contributed by atoms with Gasteiger partial charge in [0, 0.05) is 0 Å². The van der Waals surface area contributed by atoms with Crippen LogP contribution in [-0.4, -0.2) is 27.3 Å². The molecule has 1 atom stereocenters. The van der Waals surface area contributed by atoms with Gasteiger partial charge in [0.2, 0.25) is 5.91 Å². The third-order valence-electron chi connectivity index (χ3n) is 1.71. The normalized spacial score (nSPS) is 26.7. The summed E-state index contributed by atoms with van der Waals surface area (Å²) in [6.07, 6.45) is 1.44. The zero-order valence-corrected chi connectivity index (χ0v) is 6.71. The second kappa shape index (κ2) is 2.41. The summed E-state index contributed by atoms with van der Waals surface area (Å²) in [4.78, 5) is 22.7. The maximum Gasteiger partial charge on any atom is 0.355 e. The third kappa shape index (κ3) is 0.878. The van der Waals surface area contributed by atoms with Crippen LogP contribution in [0, 0.1) is 0 Å². The number of β-lactam (4-membered cyclic amide) rings is 1. The van der Waals surface area contributed by atoms with E-state index in [9.17, 15) is 9.59 Å². The molecule has 0 unspecified atom stereocenters.